The highest BCUT2D eigenvalue weighted by molar-refractivity contribution is 6.04. The summed E-state index contributed by atoms with van der Waals surface area (Å²) in [5.74, 6) is -0.583. The highest BCUT2D eigenvalue weighted by Crippen LogP contribution is 2.29. The molecule has 0 unspecified atom stereocenters. The first-order chi connectivity index (χ1) is 13.2. The number of rotatable bonds is 3. The van der Waals surface area contributed by atoms with E-state index < -0.39 is 17.6 Å². The van der Waals surface area contributed by atoms with E-state index in [1.165, 1.54) is 0 Å². The number of carbonyl (C=O) groups is 2. The number of halogens is 3. The van der Waals surface area contributed by atoms with E-state index in [0.29, 0.717) is 24.3 Å². The van der Waals surface area contributed by atoms with Crippen molar-refractivity contribution in [2.24, 2.45) is 0 Å². The molecule has 28 heavy (non-hydrogen) atoms. The van der Waals surface area contributed by atoms with Gasteiger partial charge in [-0.1, -0.05) is 0 Å². The van der Waals surface area contributed by atoms with Gasteiger partial charge in [-0.15, -0.1) is 0 Å². The highest BCUT2D eigenvalue weighted by atomic mass is 19.4. The molecule has 0 aliphatic carbocycles. The molecule has 1 saturated heterocycles. The molecule has 1 aliphatic heterocycles. The van der Waals surface area contributed by atoms with Crippen LogP contribution in [0, 0.1) is 0 Å². The molecular formula is C20H20F3N3O2. The predicted octanol–water partition coefficient (Wildman–Crippen LogP) is 3.35. The van der Waals surface area contributed by atoms with Gasteiger partial charge >= 0.3 is 6.18 Å². The molecule has 0 spiro atoms. The maximum atomic E-state index is 12.6. The largest absolute Gasteiger partial charge is 0.416 e. The van der Waals surface area contributed by atoms with Crippen molar-refractivity contribution in [1.29, 1.82) is 0 Å². The van der Waals surface area contributed by atoms with Crippen LogP contribution in [-0.4, -0.2) is 54.8 Å². The summed E-state index contributed by atoms with van der Waals surface area (Å²) in [5, 5.41) is 2.62. The standard InChI is InChI=1S/C20H20F3N3O2/c1-25-10-12-26(13-11-25)19(28)15-4-8-17(9-5-15)24-18(27)14-2-6-16(7-3-14)20(21,22)23/h2-9H,10-13H2,1H3,(H,24,27). The molecule has 148 valence electrons. The van der Waals surface area contributed by atoms with Crippen LogP contribution in [0.25, 0.3) is 0 Å². The van der Waals surface area contributed by atoms with E-state index in [1.807, 2.05) is 7.05 Å². The number of nitrogens with zero attached hydrogens (tertiary/aromatic N) is 2. The second-order valence-corrected chi connectivity index (χ2v) is 6.70. The van der Waals surface area contributed by atoms with Crippen molar-refractivity contribution >= 4 is 17.5 Å². The molecule has 0 radical (unpaired) electrons. The first-order valence-corrected chi connectivity index (χ1v) is 8.80. The lowest BCUT2D eigenvalue weighted by atomic mass is 10.1. The van der Waals surface area contributed by atoms with Gasteiger partial charge in [0.15, 0.2) is 0 Å². The molecule has 0 atom stereocenters. The summed E-state index contributed by atoms with van der Waals surface area (Å²) in [6.07, 6.45) is -4.44. The Morgan fingerprint density at radius 2 is 1.39 bits per heavy atom. The van der Waals surface area contributed by atoms with E-state index in [1.54, 1.807) is 29.2 Å². The number of nitrogens with one attached hydrogen (secondary N) is 1. The molecule has 1 fully saturated rings. The normalized spacial score (nSPS) is 15.4. The van der Waals surface area contributed by atoms with Crippen LogP contribution in [0.3, 0.4) is 0 Å². The third-order valence-corrected chi connectivity index (χ3v) is 4.65. The molecule has 8 heteroatoms. The number of carbonyl (C=O) groups excluding carboxylic acids is 2. The SMILES string of the molecule is CN1CCN(C(=O)c2ccc(NC(=O)c3ccc(C(F)(F)F)cc3)cc2)CC1. The van der Waals surface area contributed by atoms with Crippen molar-refractivity contribution in [2.75, 3.05) is 38.5 Å². The Kier molecular flexibility index (Phi) is 5.69. The van der Waals surface area contributed by atoms with Gasteiger partial charge in [0.2, 0.25) is 0 Å². The lowest BCUT2D eigenvalue weighted by Crippen LogP contribution is -2.47. The lowest BCUT2D eigenvalue weighted by Gasteiger charge is -2.32. The van der Waals surface area contributed by atoms with Gasteiger partial charge in [-0.25, -0.2) is 0 Å². The maximum absolute atomic E-state index is 12.6. The molecule has 0 saturated carbocycles. The summed E-state index contributed by atoms with van der Waals surface area (Å²) in [6.45, 7) is 2.99. The van der Waals surface area contributed by atoms with Gasteiger partial charge < -0.3 is 15.1 Å². The lowest BCUT2D eigenvalue weighted by molar-refractivity contribution is -0.137. The Morgan fingerprint density at radius 3 is 1.93 bits per heavy atom. The monoisotopic (exact) mass is 391 g/mol. The van der Waals surface area contributed by atoms with Crippen molar-refractivity contribution in [2.45, 2.75) is 6.18 Å². The second kappa shape index (κ2) is 8.02. The number of hydrogen-bond donors (Lipinski definition) is 1. The van der Waals surface area contributed by atoms with Crippen LogP contribution in [0.1, 0.15) is 26.3 Å². The molecule has 2 amide bonds. The molecule has 0 bridgehead atoms. The number of hydrogen-bond acceptors (Lipinski definition) is 3. The number of piperazine rings is 1. The van der Waals surface area contributed by atoms with Crippen molar-refractivity contribution in [3.8, 4) is 0 Å². The fourth-order valence-corrected chi connectivity index (χ4v) is 2.90. The summed E-state index contributed by atoms with van der Waals surface area (Å²) in [5.41, 5.74) is 0.290. The van der Waals surface area contributed by atoms with Gasteiger partial charge in [-0.2, -0.15) is 13.2 Å². The predicted molar refractivity (Wildman–Crippen MR) is 99.2 cm³/mol. The van der Waals surface area contributed by atoms with E-state index >= 15 is 0 Å². The van der Waals surface area contributed by atoms with Crippen LogP contribution in [0.2, 0.25) is 0 Å². The first-order valence-electron chi connectivity index (χ1n) is 8.80. The van der Waals surface area contributed by atoms with Gasteiger partial charge in [0.1, 0.15) is 0 Å². The highest BCUT2D eigenvalue weighted by Gasteiger charge is 2.30. The van der Waals surface area contributed by atoms with Gasteiger partial charge in [-0.05, 0) is 55.6 Å². The Balaban J connectivity index is 1.62. The van der Waals surface area contributed by atoms with Gasteiger partial charge in [0.05, 0.1) is 5.56 Å². The molecule has 3 rings (SSSR count). The number of benzene rings is 2. The molecule has 2 aromatic rings. The fraction of sp³-hybridized carbons (Fsp3) is 0.300. The van der Waals surface area contributed by atoms with Gasteiger partial charge in [0.25, 0.3) is 11.8 Å². The molecular weight excluding hydrogens is 371 g/mol. The number of anilines is 1. The minimum absolute atomic E-state index is 0.0614. The van der Waals surface area contributed by atoms with Crippen molar-refractivity contribution < 1.29 is 22.8 Å². The van der Waals surface area contributed by atoms with E-state index in [9.17, 15) is 22.8 Å². The zero-order chi connectivity index (χ0) is 20.3. The third kappa shape index (κ3) is 4.69. The zero-order valence-corrected chi connectivity index (χ0v) is 15.3. The zero-order valence-electron chi connectivity index (χ0n) is 15.3. The van der Waals surface area contributed by atoms with Crippen LogP contribution in [-0.2, 0) is 6.18 Å². The Bertz CT molecular complexity index is 840. The summed E-state index contributed by atoms with van der Waals surface area (Å²) in [6, 6.07) is 10.5. The second-order valence-electron chi connectivity index (χ2n) is 6.70. The minimum Gasteiger partial charge on any atom is -0.336 e. The average Bonchev–Trinajstić information content (AvgIpc) is 2.68. The Labute approximate surface area is 160 Å². The van der Waals surface area contributed by atoms with Crippen LogP contribution < -0.4 is 5.32 Å². The summed E-state index contributed by atoms with van der Waals surface area (Å²) in [4.78, 5) is 28.6. The molecule has 1 N–H and O–H groups in total. The van der Waals surface area contributed by atoms with Crippen LogP contribution in [0.15, 0.2) is 48.5 Å². The van der Waals surface area contributed by atoms with Crippen molar-refractivity contribution in [1.82, 2.24) is 9.80 Å². The van der Waals surface area contributed by atoms with Crippen LogP contribution in [0.4, 0.5) is 18.9 Å². The number of amides is 2. The molecule has 0 aromatic heterocycles. The van der Waals surface area contributed by atoms with Gasteiger partial charge in [-0.3, -0.25) is 9.59 Å². The number of alkyl halides is 3. The molecule has 2 aromatic carbocycles. The van der Waals surface area contributed by atoms with Crippen LogP contribution in [0.5, 0.6) is 0 Å². The summed E-state index contributed by atoms with van der Waals surface area (Å²) >= 11 is 0. The average molecular weight is 391 g/mol. The third-order valence-electron chi connectivity index (χ3n) is 4.65. The molecule has 1 aliphatic rings. The maximum Gasteiger partial charge on any atom is 0.416 e. The molecule has 5 nitrogen and oxygen atoms in total. The quantitative estimate of drug-likeness (QED) is 0.873. The smallest absolute Gasteiger partial charge is 0.336 e. The van der Waals surface area contributed by atoms with Gasteiger partial charge in [0, 0.05) is 43.0 Å². The van der Waals surface area contributed by atoms with E-state index in [0.717, 1.165) is 37.4 Å². The summed E-state index contributed by atoms with van der Waals surface area (Å²) < 4.78 is 37.8. The first kappa shape index (κ1) is 19.9. The van der Waals surface area contributed by atoms with E-state index in [2.05, 4.69) is 10.2 Å². The van der Waals surface area contributed by atoms with Crippen molar-refractivity contribution in [3.63, 3.8) is 0 Å². The summed E-state index contributed by atoms with van der Waals surface area (Å²) in [7, 11) is 2.01. The Morgan fingerprint density at radius 1 is 0.857 bits per heavy atom. The minimum atomic E-state index is -4.44. The molecule has 1 heterocycles. The van der Waals surface area contributed by atoms with Crippen LogP contribution >= 0.6 is 0 Å². The number of likely N-dealkylation sites (N-methyl/N-ethyl adjacent to an activating group) is 1. The van der Waals surface area contributed by atoms with E-state index in [4.69, 9.17) is 0 Å². The van der Waals surface area contributed by atoms with E-state index in [-0.39, 0.29) is 11.5 Å². The fourth-order valence-electron chi connectivity index (χ4n) is 2.90. The van der Waals surface area contributed by atoms with Crippen molar-refractivity contribution in [3.05, 3.63) is 65.2 Å². The topological polar surface area (TPSA) is 52.6 Å². The Hall–Kier alpha value is -2.87.